The number of carboxylic acids is 1. The average Bonchev–Trinajstić information content (AvgIpc) is 2.72. The van der Waals surface area contributed by atoms with Crippen LogP contribution in [0.2, 0.25) is 0 Å². The van der Waals surface area contributed by atoms with Gasteiger partial charge in [0.2, 0.25) is 10.0 Å². The number of sulfonamides is 1. The number of hydrogen-bond donors (Lipinski definition) is 1. The molecule has 0 atom stereocenters. The molecule has 1 saturated heterocycles. The molecule has 1 fully saturated rings. The first kappa shape index (κ1) is 17.4. The lowest BCUT2D eigenvalue weighted by Gasteiger charge is -2.21. The first-order valence-electron chi connectivity index (χ1n) is 6.97. The third-order valence-electron chi connectivity index (χ3n) is 3.66. The summed E-state index contributed by atoms with van der Waals surface area (Å²) in [4.78, 5) is 24.5. The Labute approximate surface area is 133 Å². The van der Waals surface area contributed by atoms with Crippen molar-refractivity contribution in [2.24, 2.45) is 0 Å². The minimum Gasteiger partial charge on any atom is -0.478 e. The van der Waals surface area contributed by atoms with Crippen molar-refractivity contribution in [2.45, 2.75) is 6.42 Å². The van der Waals surface area contributed by atoms with Crippen LogP contribution in [0.1, 0.15) is 27.1 Å². The standard InChI is InChI=1S/C14H17FN2O5S/c1-23(21,22)17-6-2-5-16(7-8-17)13(18)11-4-3-10(14(19)20)9-12(11)15/h3-4,9H,2,5-8H2,1H3,(H,19,20). The highest BCUT2D eigenvalue weighted by molar-refractivity contribution is 7.88. The molecule has 0 radical (unpaired) electrons. The number of amides is 1. The molecule has 23 heavy (non-hydrogen) atoms. The molecule has 1 N–H and O–H groups in total. The maximum atomic E-state index is 14.0. The molecule has 0 aromatic heterocycles. The van der Waals surface area contributed by atoms with E-state index in [0.29, 0.717) is 19.5 Å². The van der Waals surface area contributed by atoms with E-state index < -0.39 is 27.7 Å². The zero-order valence-corrected chi connectivity index (χ0v) is 13.3. The van der Waals surface area contributed by atoms with E-state index in [2.05, 4.69) is 0 Å². The fourth-order valence-electron chi connectivity index (χ4n) is 2.42. The van der Waals surface area contributed by atoms with Crippen molar-refractivity contribution in [1.82, 2.24) is 9.21 Å². The number of benzene rings is 1. The summed E-state index contributed by atoms with van der Waals surface area (Å²) in [5.41, 5.74) is -0.457. The Morgan fingerprint density at radius 2 is 1.87 bits per heavy atom. The first-order chi connectivity index (χ1) is 10.7. The molecule has 1 aromatic rings. The molecule has 1 amide bonds. The molecular formula is C14H17FN2O5S. The van der Waals surface area contributed by atoms with Gasteiger partial charge in [0, 0.05) is 26.2 Å². The SMILES string of the molecule is CS(=O)(=O)N1CCCN(C(=O)c2ccc(C(=O)O)cc2F)CC1. The van der Waals surface area contributed by atoms with E-state index in [1.165, 1.54) is 15.3 Å². The van der Waals surface area contributed by atoms with Gasteiger partial charge in [-0.1, -0.05) is 0 Å². The maximum Gasteiger partial charge on any atom is 0.335 e. The normalized spacial score (nSPS) is 16.9. The van der Waals surface area contributed by atoms with Crippen LogP contribution in [0.25, 0.3) is 0 Å². The fraction of sp³-hybridized carbons (Fsp3) is 0.429. The Morgan fingerprint density at radius 3 is 2.43 bits per heavy atom. The van der Waals surface area contributed by atoms with Gasteiger partial charge in [0.15, 0.2) is 0 Å². The molecule has 0 saturated carbocycles. The molecule has 1 aliphatic rings. The van der Waals surface area contributed by atoms with Crippen LogP contribution in [0.3, 0.4) is 0 Å². The molecule has 0 spiro atoms. The number of aromatic carboxylic acids is 1. The Balaban J connectivity index is 2.16. The van der Waals surface area contributed by atoms with Crippen molar-refractivity contribution < 1.29 is 27.5 Å². The molecule has 0 aliphatic carbocycles. The van der Waals surface area contributed by atoms with E-state index in [1.54, 1.807) is 0 Å². The second-order valence-electron chi connectivity index (χ2n) is 5.31. The molecule has 1 aliphatic heterocycles. The maximum absolute atomic E-state index is 14.0. The van der Waals surface area contributed by atoms with Crippen LogP contribution >= 0.6 is 0 Å². The summed E-state index contributed by atoms with van der Waals surface area (Å²) in [6, 6.07) is 3.11. The minimum atomic E-state index is -3.33. The summed E-state index contributed by atoms with van der Waals surface area (Å²) in [6.45, 7) is 0.930. The van der Waals surface area contributed by atoms with Gasteiger partial charge in [0.25, 0.3) is 5.91 Å². The minimum absolute atomic E-state index is 0.152. The van der Waals surface area contributed by atoms with Crippen LogP contribution in [-0.2, 0) is 10.0 Å². The van der Waals surface area contributed by atoms with Crippen LogP contribution < -0.4 is 0 Å². The molecule has 2 rings (SSSR count). The Kier molecular flexibility index (Phi) is 5.00. The van der Waals surface area contributed by atoms with Gasteiger partial charge < -0.3 is 10.0 Å². The quantitative estimate of drug-likeness (QED) is 0.868. The van der Waals surface area contributed by atoms with Crippen molar-refractivity contribution in [3.05, 3.63) is 35.1 Å². The molecule has 7 nitrogen and oxygen atoms in total. The van der Waals surface area contributed by atoms with Gasteiger partial charge in [-0.25, -0.2) is 21.9 Å². The summed E-state index contributed by atoms with van der Waals surface area (Å²) >= 11 is 0. The first-order valence-corrected chi connectivity index (χ1v) is 8.82. The van der Waals surface area contributed by atoms with E-state index in [0.717, 1.165) is 18.4 Å². The molecule has 126 valence electrons. The Hall–Kier alpha value is -2.00. The van der Waals surface area contributed by atoms with Gasteiger partial charge in [-0.2, -0.15) is 0 Å². The molecule has 0 bridgehead atoms. The van der Waals surface area contributed by atoms with Crippen LogP contribution in [-0.4, -0.2) is 67.0 Å². The molecule has 1 aromatic carbocycles. The number of nitrogens with zero attached hydrogens (tertiary/aromatic N) is 2. The molecule has 9 heteroatoms. The van der Waals surface area contributed by atoms with Crippen molar-refractivity contribution in [3.63, 3.8) is 0 Å². The number of carbonyl (C=O) groups is 2. The summed E-state index contributed by atoms with van der Waals surface area (Å²) < 4.78 is 38.3. The van der Waals surface area contributed by atoms with Crippen molar-refractivity contribution in [1.29, 1.82) is 0 Å². The largest absolute Gasteiger partial charge is 0.478 e. The van der Waals surface area contributed by atoms with Crippen LogP contribution in [0.5, 0.6) is 0 Å². The lowest BCUT2D eigenvalue weighted by atomic mass is 10.1. The van der Waals surface area contributed by atoms with E-state index in [4.69, 9.17) is 5.11 Å². The number of carbonyl (C=O) groups excluding carboxylic acids is 1. The van der Waals surface area contributed by atoms with Gasteiger partial charge >= 0.3 is 5.97 Å². The van der Waals surface area contributed by atoms with Gasteiger partial charge in [-0.3, -0.25) is 4.79 Å². The number of rotatable bonds is 3. The molecule has 0 unspecified atom stereocenters. The predicted molar refractivity (Wildman–Crippen MR) is 80.3 cm³/mol. The molecule has 1 heterocycles. The summed E-state index contributed by atoms with van der Waals surface area (Å²) in [5.74, 6) is -2.75. The second kappa shape index (κ2) is 6.63. The van der Waals surface area contributed by atoms with E-state index in [-0.39, 0.29) is 24.2 Å². The van der Waals surface area contributed by atoms with Crippen LogP contribution in [0.15, 0.2) is 18.2 Å². The van der Waals surface area contributed by atoms with Crippen LogP contribution in [0.4, 0.5) is 4.39 Å². The predicted octanol–water partition coefficient (Wildman–Crippen LogP) is 0.631. The smallest absolute Gasteiger partial charge is 0.335 e. The number of halogens is 1. The summed E-state index contributed by atoms with van der Waals surface area (Å²) in [6.07, 6.45) is 1.56. The fourth-order valence-corrected chi connectivity index (χ4v) is 3.29. The summed E-state index contributed by atoms with van der Waals surface area (Å²) in [5, 5.41) is 8.81. The number of hydrogen-bond acceptors (Lipinski definition) is 4. The Bertz CT molecular complexity index is 735. The third kappa shape index (κ3) is 4.05. The van der Waals surface area contributed by atoms with E-state index in [1.807, 2.05) is 0 Å². The topological polar surface area (TPSA) is 95.0 Å². The lowest BCUT2D eigenvalue weighted by molar-refractivity contribution is 0.0693. The van der Waals surface area contributed by atoms with Gasteiger partial charge in [-0.15, -0.1) is 0 Å². The average molecular weight is 344 g/mol. The van der Waals surface area contributed by atoms with Gasteiger partial charge in [-0.05, 0) is 24.6 Å². The Morgan fingerprint density at radius 1 is 1.17 bits per heavy atom. The van der Waals surface area contributed by atoms with Crippen LogP contribution in [0, 0.1) is 5.82 Å². The third-order valence-corrected chi connectivity index (χ3v) is 4.96. The highest BCUT2D eigenvalue weighted by Crippen LogP contribution is 2.15. The molecular weight excluding hydrogens is 327 g/mol. The van der Waals surface area contributed by atoms with Gasteiger partial charge in [0.1, 0.15) is 5.82 Å². The van der Waals surface area contributed by atoms with E-state index in [9.17, 15) is 22.4 Å². The lowest BCUT2D eigenvalue weighted by Crippen LogP contribution is -2.37. The zero-order valence-electron chi connectivity index (χ0n) is 12.5. The zero-order chi connectivity index (χ0) is 17.2. The number of carboxylic acid groups (broad SMARTS) is 1. The highest BCUT2D eigenvalue weighted by Gasteiger charge is 2.26. The highest BCUT2D eigenvalue weighted by atomic mass is 32.2. The van der Waals surface area contributed by atoms with Crippen molar-refractivity contribution in [2.75, 3.05) is 32.4 Å². The second-order valence-corrected chi connectivity index (χ2v) is 7.29. The monoisotopic (exact) mass is 344 g/mol. The van der Waals surface area contributed by atoms with Crippen molar-refractivity contribution >= 4 is 21.9 Å². The van der Waals surface area contributed by atoms with Gasteiger partial charge in [0.05, 0.1) is 17.4 Å². The van der Waals surface area contributed by atoms with E-state index >= 15 is 0 Å². The van der Waals surface area contributed by atoms with Crippen molar-refractivity contribution in [3.8, 4) is 0 Å². The summed E-state index contributed by atoms with van der Waals surface area (Å²) in [7, 11) is -3.33.